The van der Waals surface area contributed by atoms with Gasteiger partial charge in [0.1, 0.15) is 0 Å². The van der Waals surface area contributed by atoms with E-state index in [1.165, 1.54) is 11.3 Å². The minimum absolute atomic E-state index is 0.0556. The number of ether oxygens (including phenoxy) is 1. The number of hydrogen-bond donors (Lipinski definition) is 2. The predicted molar refractivity (Wildman–Crippen MR) is 75.2 cm³/mol. The maximum absolute atomic E-state index is 11.8. The minimum atomic E-state index is -0.0556. The number of aryl methyl sites for hydroxylation is 1. The molecule has 0 unspecified atom stereocenters. The minimum Gasteiger partial charge on any atom is -0.398 e. The Hall–Kier alpha value is -1.11. The summed E-state index contributed by atoms with van der Waals surface area (Å²) in [6.45, 7) is 4.89. The number of nitrogens with zero attached hydrogens (tertiary/aromatic N) is 1. The Bertz CT molecular complexity index is 373. The maximum atomic E-state index is 11.8. The zero-order chi connectivity index (χ0) is 13.5. The molecule has 0 saturated heterocycles. The molecule has 6 heteroatoms. The monoisotopic (exact) mass is 271 g/mol. The normalized spacial score (nSPS) is 10.9. The van der Waals surface area contributed by atoms with Crippen LogP contribution in [-0.4, -0.2) is 51.2 Å². The summed E-state index contributed by atoms with van der Waals surface area (Å²) in [6.07, 6.45) is 0. The van der Waals surface area contributed by atoms with Crippen molar-refractivity contribution in [3.05, 3.63) is 15.8 Å². The first-order chi connectivity index (χ1) is 8.54. The third kappa shape index (κ3) is 4.64. The fraction of sp³-hybridized carbons (Fsp3) is 0.583. The first kappa shape index (κ1) is 14.9. The highest BCUT2D eigenvalue weighted by Crippen LogP contribution is 2.22. The van der Waals surface area contributed by atoms with E-state index >= 15 is 0 Å². The second-order valence-corrected chi connectivity index (χ2v) is 5.43. The highest BCUT2D eigenvalue weighted by atomic mass is 32.1. The van der Waals surface area contributed by atoms with Gasteiger partial charge in [-0.25, -0.2) is 0 Å². The summed E-state index contributed by atoms with van der Waals surface area (Å²) >= 11 is 1.42. The molecule has 1 heterocycles. The van der Waals surface area contributed by atoms with Crippen LogP contribution in [0.1, 0.15) is 14.5 Å². The smallest absolute Gasteiger partial charge is 0.261 e. The van der Waals surface area contributed by atoms with Crippen molar-refractivity contribution in [1.29, 1.82) is 0 Å². The van der Waals surface area contributed by atoms with E-state index in [1.807, 2.05) is 14.0 Å². The molecule has 0 aromatic carbocycles. The van der Waals surface area contributed by atoms with Crippen molar-refractivity contribution in [1.82, 2.24) is 10.2 Å². The van der Waals surface area contributed by atoms with Crippen molar-refractivity contribution in [2.75, 3.05) is 46.1 Å². The van der Waals surface area contributed by atoms with Gasteiger partial charge in [-0.15, -0.1) is 11.3 Å². The molecule has 1 amide bonds. The Morgan fingerprint density at radius 2 is 2.28 bits per heavy atom. The Labute approximate surface area is 112 Å². The van der Waals surface area contributed by atoms with Crippen LogP contribution >= 0.6 is 11.3 Å². The molecule has 1 aromatic rings. The summed E-state index contributed by atoms with van der Waals surface area (Å²) in [5.74, 6) is -0.0556. The molecule has 5 nitrogen and oxygen atoms in total. The Morgan fingerprint density at radius 3 is 2.83 bits per heavy atom. The van der Waals surface area contributed by atoms with Gasteiger partial charge in [0.2, 0.25) is 0 Å². The van der Waals surface area contributed by atoms with Gasteiger partial charge in [0.05, 0.1) is 11.5 Å². The molecule has 0 fully saturated rings. The first-order valence-corrected chi connectivity index (χ1v) is 6.68. The van der Waals surface area contributed by atoms with Gasteiger partial charge in [0, 0.05) is 37.3 Å². The molecule has 1 aromatic heterocycles. The van der Waals surface area contributed by atoms with Crippen molar-refractivity contribution in [2.45, 2.75) is 6.92 Å². The Morgan fingerprint density at radius 1 is 1.56 bits per heavy atom. The van der Waals surface area contributed by atoms with Crippen LogP contribution in [0.3, 0.4) is 0 Å². The summed E-state index contributed by atoms with van der Waals surface area (Å²) in [5, 5.41) is 2.88. The summed E-state index contributed by atoms with van der Waals surface area (Å²) < 4.78 is 4.98. The van der Waals surface area contributed by atoms with Crippen molar-refractivity contribution >= 4 is 22.9 Å². The van der Waals surface area contributed by atoms with Crippen molar-refractivity contribution < 1.29 is 9.53 Å². The average molecular weight is 271 g/mol. The molecule has 3 N–H and O–H groups in total. The van der Waals surface area contributed by atoms with Gasteiger partial charge < -0.3 is 20.7 Å². The molecule has 0 aliphatic heterocycles. The van der Waals surface area contributed by atoms with E-state index in [2.05, 4.69) is 10.2 Å². The number of likely N-dealkylation sites (N-methyl/N-ethyl adjacent to an activating group) is 1. The topological polar surface area (TPSA) is 67.6 Å². The van der Waals surface area contributed by atoms with Gasteiger partial charge in [0.25, 0.3) is 5.91 Å². The van der Waals surface area contributed by atoms with Crippen LogP contribution in [0.25, 0.3) is 0 Å². The summed E-state index contributed by atoms with van der Waals surface area (Å²) in [6, 6.07) is 1.73. The number of thiophene rings is 1. The van der Waals surface area contributed by atoms with E-state index in [0.717, 1.165) is 18.0 Å². The number of nitrogens with one attached hydrogen (secondary N) is 1. The molecule has 102 valence electrons. The van der Waals surface area contributed by atoms with E-state index in [1.54, 1.807) is 13.2 Å². The average Bonchev–Trinajstić information content (AvgIpc) is 2.67. The zero-order valence-corrected chi connectivity index (χ0v) is 12.0. The quantitative estimate of drug-likeness (QED) is 0.775. The van der Waals surface area contributed by atoms with Crippen LogP contribution in [0.15, 0.2) is 6.07 Å². The molecule has 0 saturated carbocycles. The van der Waals surface area contributed by atoms with Crippen molar-refractivity contribution in [2.24, 2.45) is 0 Å². The number of carbonyl (C=O) groups excluding carboxylic acids is 1. The van der Waals surface area contributed by atoms with Gasteiger partial charge in [-0.05, 0) is 20.0 Å². The number of hydrogen-bond acceptors (Lipinski definition) is 5. The van der Waals surface area contributed by atoms with Gasteiger partial charge >= 0.3 is 0 Å². The van der Waals surface area contributed by atoms with Crippen LogP contribution in [0.4, 0.5) is 5.69 Å². The van der Waals surface area contributed by atoms with Gasteiger partial charge in [-0.2, -0.15) is 0 Å². The lowest BCUT2D eigenvalue weighted by atomic mass is 10.3. The van der Waals surface area contributed by atoms with Crippen molar-refractivity contribution in [3.8, 4) is 0 Å². The lowest BCUT2D eigenvalue weighted by Gasteiger charge is -2.15. The zero-order valence-electron chi connectivity index (χ0n) is 11.2. The van der Waals surface area contributed by atoms with Gasteiger partial charge in [-0.1, -0.05) is 0 Å². The van der Waals surface area contributed by atoms with E-state index in [-0.39, 0.29) is 5.91 Å². The predicted octanol–water partition coefficient (Wildman–Crippen LogP) is 0.947. The number of carbonyl (C=O) groups is 1. The van der Waals surface area contributed by atoms with E-state index in [9.17, 15) is 4.79 Å². The second kappa shape index (κ2) is 7.35. The SMILES string of the molecule is COCCN(C)CCNC(=O)c1cc(N)c(C)s1. The molecule has 0 aliphatic carbocycles. The fourth-order valence-corrected chi connectivity index (χ4v) is 2.27. The Balaban J connectivity index is 2.29. The lowest BCUT2D eigenvalue weighted by Crippen LogP contribution is -2.34. The number of nitrogens with two attached hydrogens (primary N) is 1. The van der Waals surface area contributed by atoms with Crippen LogP contribution in [0.5, 0.6) is 0 Å². The van der Waals surface area contributed by atoms with Crippen LogP contribution in [-0.2, 0) is 4.74 Å². The summed E-state index contributed by atoms with van der Waals surface area (Å²) in [5.41, 5.74) is 6.40. The third-order valence-electron chi connectivity index (χ3n) is 2.64. The highest BCUT2D eigenvalue weighted by molar-refractivity contribution is 7.14. The summed E-state index contributed by atoms with van der Waals surface area (Å²) in [7, 11) is 3.68. The number of anilines is 1. The molecule has 0 radical (unpaired) electrons. The lowest BCUT2D eigenvalue weighted by molar-refractivity contribution is 0.0951. The molecule has 0 aliphatic rings. The van der Waals surface area contributed by atoms with E-state index in [0.29, 0.717) is 23.7 Å². The molecule has 0 atom stereocenters. The molecule has 1 rings (SSSR count). The standard InChI is InChI=1S/C12H21N3O2S/c1-9-10(13)8-11(18-9)12(16)14-4-5-15(2)6-7-17-3/h8H,4-7,13H2,1-3H3,(H,14,16). The second-order valence-electron chi connectivity index (χ2n) is 4.17. The first-order valence-electron chi connectivity index (χ1n) is 5.86. The highest BCUT2D eigenvalue weighted by Gasteiger charge is 2.10. The molecule has 0 bridgehead atoms. The van der Waals surface area contributed by atoms with Crippen LogP contribution in [0, 0.1) is 6.92 Å². The molecule has 0 spiro atoms. The number of amides is 1. The molecular weight excluding hydrogens is 250 g/mol. The number of rotatable bonds is 7. The summed E-state index contributed by atoms with van der Waals surface area (Å²) in [4.78, 5) is 15.6. The van der Waals surface area contributed by atoms with E-state index < -0.39 is 0 Å². The number of nitrogen functional groups attached to an aromatic ring is 1. The van der Waals surface area contributed by atoms with Crippen LogP contribution in [0.2, 0.25) is 0 Å². The fourth-order valence-electron chi connectivity index (χ4n) is 1.41. The molecular formula is C12H21N3O2S. The number of methoxy groups -OCH3 is 1. The molecule has 18 heavy (non-hydrogen) atoms. The van der Waals surface area contributed by atoms with Gasteiger partial charge in [-0.3, -0.25) is 4.79 Å². The largest absolute Gasteiger partial charge is 0.398 e. The van der Waals surface area contributed by atoms with Crippen LogP contribution < -0.4 is 11.1 Å². The third-order valence-corrected chi connectivity index (χ3v) is 3.70. The van der Waals surface area contributed by atoms with Gasteiger partial charge in [0.15, 0.2) is 0 Å². The van der Waals surface area contributed by atoms with E-state index in [4.69, 9.17) is 10.5 Å². The Kier molecular flexibility index (Phi) is 6.11. The maximum Gasteiger partial charge on any atom is 0.261 e. The van der Waals surface area contributed by atoms with Crippen molar-refractivity contribution in [3.63, 3.8) is 0 Å².